The summed E-state index contributed by atoms with van der Waals surface area (Å²) in [5.41, 5.74) is 0.544. The number of likely N-dealkylation sites (tertiary alicyclic amines) is 1. The van der Waals surface area contributed by atoms with Gasteiger partial charge in [0.05, 0.1) is 6.54 Å². The topological polar surface area (TPSA) is 69.0 Å². The molecule has 32 heavy (non-hydrogen) atoms. The van der Waals surface area contributed by atoms with E-state index in [0.29, 0.717) is 24.3 Å². The highest BCUT2D eigenvalue weighted by Crippen LogP contribution is 2.21. The fourth-order valence-corrected chi connectivity index (χ4v) is 5.10. The quantitative estimate of drug-likeness (QED) is 0.757. The highest BCUT2D eigenvalue weighted by atomic mass is 16.2. The third-order valence-corrected chi connectivity index (χ3v) is 7.16. The van der Waals surface area contributed by atoms with E-state index in [1.54, 1.807) is 6.20 Å². The molecule has 0 saturated carbocycles. The predicted octanol–water partition coefficient (Wildman–Crippen LogP) is 1.99. The number of carbonyl (C=O) groups excluding carboxylic acids is 1. The molecule has 0 unspecified atom stereocenters. The Bertz CT molecular complexity index is 835. The van der Waals surface area contributed by atoms with E-state index in [1.165, 1.54) is 32.5 Å². The smallest absolute Gasteiger partial charge is 0.269 e. The van der Waals surface area contributed by atoms with Gasteiger partial charge in [0, 0.05) is 64.1 Å². The highest BCUT2D eigenvalue weighted by Gasteiger charge is 2.28. The van der Waals surface area contributed by atoms with Gasteiger partial charge in [0.1, 0.15) is 17.4 Å². The lowest BCUT2D eigenvalue weighted by atomic mass is 10.0. The van der Waals surface area contributed by atoms with Crippen LogP contribution < -0.4 is 5.32 Å². The zero-order valence-corrected chi connectivity index (χ0v) is 20.0. The van der Waals surface area contributed by atoms with Crippen LogP contribution in [0.15, 0.2) is 29.2 Å². The van der Waals surface area contributed by atoms with Gasteiger partial charge in [-0.15, -0.1) is 0 Å². The van der Waals surface area contributed by atoms with E-state index in [9.17, 15) is 4.79 Å². The molecule has 2 fully saturated rings. The van der Waals surface area contributed by atoms with Gasteiger partial charge in [-0.1, -0.05) is 6.08 Å². The van der Waals surface area contributed by atoms with Crippen molar-refractivity contribution in [3.8, 4) is 0 Å². The first-order chi connectivity index (χ1) is 15.5. The Hall–Kier alpha value is -2.19. The first-order valence-corrected chi connectivity index (χ1v) is 12.3. The van der Waals surface area contributed by atoms with Crippen LogP contribution in [0.25, 0.3) is 0 Å². The Labute approximate surface area is 192 Å². The Morgan fingerprint density at radius 3 is 2.69 bits per heavy atom. The summed E-state index contributed by atoms with van der Waals surface area (Å²) >= 11 is 0. The molecule has 1 aromatic rings. The standard InChI is InChI=1S/C24H39N7O/c1-19(2)29-13-8-20(9-14-29)30-11-5-12-31(17-16-30)22-7-4-6-21(27-22)24(32)26-18-23-25-10-15-28(23)3/h6,10,15,19-20H,4-5,7-9,11-14,16-18H2,1-3H3,(H,26,32). The van der Waals surface area contributed by atoms with Gasteiger partial charge >= 0.3 is 0 Å². The van der Waals surface area contributed by atoms with Gasteiger partial charge in [0.25, 0.3) is 5.91 Å². The summed E-state index contributed by atoms with van der Waals surface area (Å²) in [5, 5.41) is 2.96. The zero-order valence-electron chi connectivity index (χ0n) is 20.0. The van der Waals surface area contributed by atoms with E-state index in [1.807, 2.05) is 23.9 Å². The number of aromatic nitrogens is 2. The van der Waals surface area contributed by atoms with E-state index >= 15 is 0 Å². The minimum Gasteiger partial charge on any atom is -0.359 e. The first kappa shape index (κ1) is 23.0. The summed E-state index contributed by atoms with van der Waals surface area (Å²) in [6, 6.07) is 1.37. The molecule has 4 rings (SSSR count). The molecule has 0 spiro atoms. The number of carbonyl (C=O) groups is 1. The second-order valence-electron chi connectivity index (χ2n) is 9.53. The van der Waals surface area contributed by atoms with Gasteiger partial charge < -0.3 is 19.7 Å². The third kappa shape index (κ3) is 5.59. The van der Waals surface area contributed by atoms with Gasteiger partial charge in [-0.25, -0.2) is 9.98 Å². The van der Waals surface area contributed by atoms with Crippen LogP contribution >= 0.6 is 0 Å². The molecule has 2 saturated heterocycles. The maximum absolute atomic E-state index is 12.7. The van der Waals surface area contributed by atoms with Crippen molar-refractivity contribution in [3.05, 3.63) is 30.0 Å². The number of hydrogen-bond donors (Lipinski definition) is 1. The second kappa shape index (κ2) is 10.6. The van der Waals surface area contributed by atoms with Gasteiger partial charge in [-0.3, -0.25) is 9.69 Å². The number of nitrogens with zero attached hydrogens (tertiary/aromatic N) is 6. The maximum atomic E-state index is 12.7. The van der Waals surface area contributed by atoms with Crippen LogP contribution in [0.2, 0.25) is 0 Å². The monoisotopic (exact) mass is 441 g/mol. The van der Waals surface area contributed by atoms with Crippen LogP contribution in [0.3, 0.4) is 0 Å². The normalized spacial score (nSPS) is 21.9. The molecule has 1 aromatic heterocycles. The van der Waals surface area contributed by atoms with Crippen LogP contribution in [0, 0.1) is 0 Å². The van der Waals surface area contributed by atoms with E-state index in [-0.39, 0.29) is 5.91 Å². The summed E-state index contributed by atoms with van der Waals surface area (Å²) in [6.07, 6.45) is 11.1. The summed E-state index contributed by atoms with van der Waals surface area (Å²) in [7, 11) is 1.93. The first-order valence-electron chi connectivity index (χ1n) is 12.3. The van der Waals surface area contributed by atoms with Crippen molar-refractivity contribution in [1.29, 1.82) is 0 Å². The van der Waals surface area contributed by atoms with Crippen LogP contribution in [-0.2, 0) is 18.4 Å². The number of allylic oxidation sites excluding steroid dienone is 1. The number of aliphatic imine (C=N–C) groups is 1. The third-order valence-electron chi connectivity index (χ3n) is 7.16. The molecular formula is C24H39N7O. The van der Waals surface area contributed by atoms with Crippen molar-refractivity contribution in [1.82, 2.24) is 29.6 Å². The Morgan fingerprint density at radius 2 is 1.97 bits per heavy atom. The van der Waals surface area contributed by atoms with Gasteiger partial charge in [0.2, 0.25) is 0 Å². The molecule has 8 heteroatoms. The molecular weight excluding hydrogens is 402 g/mol. The Kier molecular flexibility index (Phi) is 7.63. The summed E-state index contributed by atoms with van der Waals surface area (Å²) in [5.74, 6) is 1.80. The number of nitrogens with one attached hydrogen (secondary N) is 1. The molecule has 4 heterocycles. The van der Waals surface area contributed by atoms with Crippen LogP contribution in [-0.4, -0.2) is 87.3 Å². The Balaban J connectivity index is 1.30. The fraction of sp³-hybridized carbons (Fsp3) is 0.708. The predicted molar refractivity (Wildman–Crippen MR) is 127 cm³/mol. The lowest BCUT2D eigenvalue weighted by molar-refractivity contribution is -0.117. The van der Waals surface area contributed by atoms with E-state index in [2.05, 4.69) is 38.8 Å². The van der Waals surface area contributed by atoms with E-state index in [0.717, 1.165) is 50.6 Å². The molecule has 1 N–H and O–H groups in total. The number of aryl methyl sites for hydroxylation is 1. The largest absolute Gasteiger partial charge is 0.359 e. The lowest BCUT2D eigenvalue weighted by Gasteiger charge is -2.39. The average molecular weight is 442 g/mol. The number of amidine groups is 1. The molecule has 8 nitrogen and oxygen atoms in total. The van der Waals surface area contributed by atoms with Crippen LogP contribution in [0.1, 0.15) is 51.8 Å². The summed E-state index contributed by atoms with van der Waals surface area (Å²) < 4.78 is 1.92. The molecule has 1 amide bonds. The number of amides is 1. The summed E-state index contributed by atoms with van der Waals surface area (Å²) in [6.45, 7) is 11.8. The second-order valence-corrected chi connectivity index (χ2v) is 9.53. The molecule has 0 atom stereocenters. The van der Waals surface area contributed by atoms with Crippen molar-refractivity contribution >= 4 is 11.7 Å². The molecule has 0 aliphatic carbocycles. The molecule has 176 valence electrons. The van der Waals surface area contributed by atoms with Crippen molar-refractivity contribution < 1.29 is 4.79 Å². The Morgan fingerprint density at radius 1 is 1.16 bits per heavy atom. The van der Waals surface area contributed by atoms with Gasteiger partial charge in [-0.05, 0) is 52.6 Å². The molecule has 0 aromatic carbocycles. The van der Waals surface area contributed by atoms with Gasteiger partial charge in [0.15, 0.2) is 0 Å². The van der Waals surface area contributed by atoms with Crippen molar-refractivity contribution in [2.45, 2.75) is 64.6 Å². The number of imidazole rings is 1. The molecule has 3 aliphatic rings. The number of rotatable bonds is 5. The minimum absolute atomic E-state index is 0.112. The van der Waals surface area contributed by atoms with Crippen LogP contribution in [0.5, 0.6) is 0 Å². The zero-order chi connectivity index (χ0) is 22.5. The van der Waals surface area contributed by atoms with Crippen molar-refractivity contribution in [3.63, 3.8) is 0 Å². The molecule has 3 aliphatic heterocycles. The van der Waals surface area contributed by atoms with Gasteiger partial charge in [-0.2, -0.15) is 0 Å². The number of piperidine rings is 1. The number of hydrogen-bond acceptors (Lipinski definition) is 6. The molecule has 0 bridgehead atoms. The molecule has 0 radical (unpaired) electrons. The minimum atomic E-state index is -0.112. The average Bonchev–Trinajstić information content (AvgIpc) is 3.07. The van der Waals surface area contributed by atoms with Crippen molar-refractivity contribution in [2.24, 2.45) is 12.0 Å². The highest BCUT2D eigenvalue weighted by molar-refractivity contribution is 5.98. The van der Waals surface area contributed by atoms with E-state index in [4.69, 9.17) is 4.99 Å². The van der Waals surface area contributed by atoms with Crippen molar-refractivity contribution in [2.75, 3.05) is 39.3 Å². The maximum Gasteiger partial charge on any atom is 0.269 e. The lowest BCUT2D eigenvalue weighted by Crippen LogP contribution is -2.48. The SMILES string of the molecule is CC(C)N1CCC(N2CCCN(C3=NC(C(=O)NCc4nccn4C)=CCC3)CC2)CC1. The van der Waals surface area contributed by atoms with Crippen LogP contribution in [0.4, 0.5) is 0 Å². The van der Waals surface area contributed by atoms with E-state index < -0.39 is 0 Å². The summed E-state index contributed by atoms with van der Waals surface area (Å²) in [4.78, 5) is 29.4. The fourth-order valence-electron chi connectivity index (χ4n) is 5.10.